The third kappa shape index (κ3) is 5.20. The van der Waals surface area contributed by atoms with E-state index in [-0.39, 0.29) is 22.9 Å². The Labute approximate surface area is 203 Å². The number of rotatable bonds is 4. The molecule has 1 aromatic heterocycles. The van der Waals surface area contributed by atoms with Crippen LogP contribution in [0.3, 0.4) is 0 Å². The van der Waals surface area contributed by atoms with Gasteiger partial charge in [-0.05, 0) is 48.7 Å². The monoisotopic (exact) mass is 510 g/mol. The summed E-state index contributed by atoms with van der Waals surface area (Å²) in [5.41, 5.74) is 1.42. The first-order valence-electron chi connectivity index (χ1n) is 11.4. The molecule has 0 bridgehead atoms. The number of para-hydroxylation sites is 1. The number of carbonyl (C=O) groups is 1. The molecule has 4 rings (SSSR count). The van der Waals surface area contributed by atoms with Gasteiger partial charge in [0.2, 0.25) is 5.91 Å². The Morgan fingerprint density at radius 3 is 2.30 bits per heavy atom. The van der Waals surface area contributed by atoms with Gasteiger partial charge in [0.1, 0.15) is 5.82 Å². The van der Waals surface area contributed by atoms with E-state index in [4.69, 9.17) is 4.98 Å². The van der Waals surface area contributed by atoms with Gasteiger partial charge in [-0.1, -0.05) is 48.8 Å². The summed E-state index contributed by atoms with van der Waals surface area (Å²) in [7, 11) is 0. The van der Waals surface area contributed by atoms with E-state index in [2.05, 4.69) is 48.5 Å². The number of halogens is 1. The second kappa shape index (κ2) is 9.39. The molecule has 0 saturated carbocycles. The van der Waals surface area contributed by atoms with Crippen LogP contribution < -0.4 is 5.56 Å². The van der Waals surface area contributed by atoms with Crippen molar-refractivity contribution in [2.75, 3.05) is 26.2 Å². The summed E-state index contributed by atoms with van der Waals surface area (Å²) in [5.74, 6) is 0.931. The molecule has 7 heteroatoms. The van der Waals surface area contributed by atoms with Crippen molar-refractivity contribution in [3.05, 3.63) is 69.2 Å². The molecule has 3 aromatic rings. The smallest absolute Gasteiger partial charge is 0.266 e. The van der Waals surface area contributed by atoms with Gasteiger partial charge in [0, 0.05) is 37.1 Å². The molecule has 0 aliphatic carbocycles. The lowest BCUT2D eigenvalue weighted by molar-refractivity contribution is -0.135. The number of hydrogen-bond acceptors (Lipinski definition) is 4. The van der Waals surface area contributed by atoms with Crippen molar-refractivity contribution in [3.8, 4) is 5.69 Å². The van der Waals surface area contributed by atoms with Crippen molar-refractivity contribution in [3.63, 3.8) is 0 Å². The maximum atomic E-state index is 13.5. The lowest BCUT2D eigenvalue weighted by Crippen LogP contribution is -2.50. The molecule has 1 saturated heterocycles. The van der Waals surface area contributed by atoms with E-state index < -0.39 is 0 Å². The molecule has 2 heterocycles. The predicted molar refractivity (Wildman–Crippen MR) is 136 cm³/mol. The quantitative estimate of drug-likeness (QED) is 0.506. The van der Waals surface area contributed by atoms with Crippen LogP contribution >= 0.6 is 15.9 Å². The molecule has 33 heavy (non-hydrogen) atoms. The SMILES string of the molecule is CC(c1nc2ccccc2c(=O)n1-c1ccc(Br)cc1)N1CCN(C(=O)CC(C)(C)C)CC1. The van der Waals surface area contributed by atoms with Crippen LogP contribution in [-0.2, 0) is 4.79 Å². The van der Waals surface area contributed by atoms with Crippen LogP contribution in [0.15, 0.2) is 57.8 Å². The molecule has 174 valence electrons. The molecule has 6 nitrogen and oxygen atoms in total. The van der Waals surface area contributed by atoms with Gasteiger partial charge in [-0.25, -0.2) is 4.98 Å². The van der Waals surface area contributed by atoms with Crippen molar-refractivity contribution < 1.29 is 4.79 Å². The lowest BCUT2D eigenvalue weighted by atomic mass is 9.91. The number of hydrogen-bond donors (Lipinski definition) is 0. The Bertz CT molecular complexity index is 1210. The van der Waals surface area contributed by atoms with Crippen molar-refractivity contribution in [1.82, 2.24) is 19.4 Å². The maximum Gasteiger partial charge on any atom is 0.266 e. The number of aromatic nitrogens is 2. The maximum absolute atomic E-state index is 13.5. The number of piperazine rings is 1. The van der Waals surface area contributed by atoms with E-state index in [1.807, 2.05) is 53.4 Å². The highest BCUT2D eigenvalue weighted by Crippen LogP contribution is 2.26. The summed E-state index contributed by atoms with van der Waals surface area (Å²) in [5, 5.41) is 0.606. The van der Waals surface area contributed by atoms with E-state index in [0.29, 0.717) is 30.4 Å². The van der Waals surface area contributed by atoms with Crippen LogP contribution in [-0.4, -0.2) is 51.4 Å². The average molecular weight is 511 g/mol. The number of amides is 1. The highest BCUT2D eigenvalue weighted by molar-refractivity contribution is 9.10. The van der Waals surface area contributed by atoms with Gasteiger partial charge in [-0.15, -0.1) is 0 Å². The second-order valence-electron chi connectivity index (χ2n) is 9.93. The fourth-order valence-electron chi connectivity index (χ4n) is 4.36. The first kappa shape index (κ1) is 23.6. The van der Waals surface area contributed by atoms with Crippen LogP contribution in [0.5, 0.6) is 0 Å². The zero-order valence-corrected chi connectivity index (χ0v) is 21.3. The van der Waals surface area contributed by atoms with Crippen LogP contribution in [0.4, 0.5) is 0 Å². The van der Waals surface area contributed by atoms with Gasteiger partial charge in [0.25, 0.3) is 5.56 Å². The molecule has 1 aliphatic heterocycles. The van der Waals surface area contributed by atoms with Crippen LogP contribution in [0.1, 0.15) is 46.0 Å². The summed E-state index contributed by atoms with van der Waals surface area (Å²) < 4.78 is 2.69. The molecule has 0 spiro atoms. The van der Waals surface area contributed by atoms with Gasteiger partial charge in [-0.2, -0.15) is 0 Å². The van der Waals surface area contributed by atoms with Gasteiger partial charge in [-0.3, -0.25) is 19.1 Å². The van der Waals surface area contributed by atoms with E-state index >= 15 is 0 Å². The first-order valence-corrected chi connectivity index (χ1v) is 12.2. The number of carbonyl (C=O) groups excluding carboxylic acids is 1. The number of nitrogens with zero attached hydrogens (tertiary/aromatic N) is 4. The summed E-state index contributed by atoms with van der Waals surface area (Å²) in [6, 6.07) is 15.2. The largest absolute Gasteiger partial charge is 0.340 e. The highest BCUT2D eigenvalue weighted by atomic mass is 79.9. The van der Waals surface area contributed by atoms with Crippen molar-refractivity contribution in [2.45, 2.75) is 40.2 Å². The zero-order valence-electron chi connectivity index (χ0n) is 19.7. The summed E-state index contributed by atoms with van der Waals surface area (Å²) in [6.45, 7) is 11.3. The van der Waals surface area contributed by atoms with Gasteiger partial charge >= 0.3 is 0 Å². The van der Waals surface area contributed by atoms with Gasteiger partial charge < -0.3 is 4.90 Å². The Morgan fingerprint density at radius 2 is 1.67 bits per heavy atom. The molecule has 0 N–H and O–H groups in total. The Kier molecular flexibility index (Phi) is 6.73. The van der Waals surface area contributed by atoms with E-state index in [9.17, 15) is 9.59 Å². The topological polar surface area (TPSA) is 58.4 Å². The molecule has 1 aliphatic rings. The molecular weight excluding hydrogens is 480 g/mol. The normalized spacial score (nSPS) is 16.2. The molecule has 1 atom stereocenters. The summed E-state index contributed by atoms with van der Waals surface area (Å²) in [4.78, 5) is 35.4. The fourth-order valence-corrected chi connectivity index (χ4v) is 4.62. The Morgan fingerprint density at radius 1 is 1.03 bits per heavy atom. The number of fused-ring (bicyclic) bond motifs is 1. The molecule has 0 radical (unpaired) electrons. The Hall–Kier alpha value is -2.51. The van der Waals surface area contributed by atoms with Crippen molar-refractivity contribution >= 4 is 32.7 Å². The highest BCUT2D eigenvalue weighted by Gasteiger charge is 2.29. The molecule has 1 unspecified atom stereocenters. The third-order valence-corrected chi connectivity index (χ3v) is 6.69. The minimum absolute atomic E-state index is 0.0166. The minimum atomic E-state index is -0.0779. The molecule has 2 aromatic carbocycles. The molecule has 1 fully saturated rings. The predicted octanol–water partition coefficient (Wildman–Crippen LogP) is 4.79. The molecular formula is C26H31BrN4O2. The van der Waals surface area contributed by atoms with E-state index in [1.54, 1.807) is 4.57 Å². The standard InChI is InChI=1S/C26H31BrN4O2/c1-18(29-13-15-30(16-14-29)23(32)17-26(2,3)4)24-28-22-8-6-5-7-21(22)25(33)31(24)20-11-9-19(27)10-12-20/h5-12,18H,13-17H2,1-4H3. The van der Waals surface area contributed by atoms with Crippen LogP contribution in [0.2, 0.25) is 0 Å². The summed E-state index contributed by atoms with van der Waals surface area (Å²) >= 11 is 3.48. The lowest BCUT2D eigenvalue weighted by Gasteiger charge is -2.39. The van der Waals surface area contributed by atoms with Crippen LogP contribution in [0.25, 0.3) is 16.6 Å². The number of benzene rings is 2. The van der Waals surface area contributed by atoms with E-state index in [1.165, 1.54) is 0 Å². The minimum Gasteiger partial charge on any atom is -0.340 e. The fraction of sp³-hybridized carbons (Fsp3) is 0.423. The van der Waals surface area contributed by atoms with Crippen molar-refractivity contribution in [1.29, 1.82) is 0 Å². The summed E-state index contributed by atoms with van der Waals surface area (Å²) in [6.07, 6.45) is 0.553. The van der Waals surface area contributed by atoms with Crippen LogP contribution in [0, 0.1) is 5.41 Å². The average Bonchev–Trinajstić information content (AvgIpc) is 2.78. The Balaban J connectivity index is 1.65. The first-order chi connectivity index (χ1) is 15.6. The zero-order chi connectivity index (χ0) is 23.8. The van der Waals surface area contributed by atoms with E-state index in [0.717, 1.165) is 29.1 Å². The van der Waals surface area contributed by atoms with Gasteiger partial charge in [0.15, 0.2) is 0 Å². The second-order valence-corrected chi connectivity index (χ2v) is 10.8. The molecule has 1 amide bonds. The third-order valence-electron chi connectivity index (χ3n) is 6.16. The van der Waals surface area contributed by atoms with Gasteiger partial charge in [0.05, 0.1) is 22.6 Å². The van der Waals surface area contributed by atoms with Crippen molar-refractivity contribution in [2.24, 2.45) is 5.41 Å².